The number of anilines is 2. The van der Waals surface area contributed by atoms with Crippen LogP contribution in [0.4, 0.5) is 11.6 Å². The Balaban J connectivity index is 1.88. The van der Waals surface area contributed by atoms with E-state index in [1.54, 1.807) is 12.4 Å². The van der Waals surface area contributed by atoms with Gasteiger partial charge in [0.05, 0.1) is 23.6 Å². The van der Waals surface area contributed by atoms with Crippen LogP contribution < -0.4 is 16.4 Å². The van der Waals surface area contributed by atoms with E-state index in [1.165, 1.54) is 0 Å². The molecule has 7 heteroatoms. The number of nitrogens with two attached hydrogens (primary N) is 1. The fourth-order valence-electron chi connectivity index (χ4n) is 2.62. The van der Waals surface area contributed by atoms with Crippen LogP contribution in [0, 0.1) is 11.5 Å². The molecule has 7 nitrogen and oxygen atoms in total. The molecule has 1 aliphatic carbocycles. The summed E-state index contributed by atoms with van der Waals surface area (Å²) in [5.41, 5.74) is 6.95. The Morgan fingerprint density at radius 1 is 1.22 bits per heavy atom. The van der Waals surface area contributed by atoms with Crippen LogP contribution in [0.15, 0.2) is 47.7 Å². The number of hydrogen-bond donors (Lipinski definition) is 3. The first kappa shape index (κ1) is 14.8. The van der Waals surface area contributed by atoms with Gasteiger partial charge < -0.3 is 11.1 Å². The van der Waals surface area contributed by atoms with E-state index >= 15 is 0 Å². The highest BCUT2D eigenvalue weighted by Crippen LogP contribution is 2.44. The molecule has 23 heavy (non-hydrogen) atoms. The summed E-state index contributed by atoms with van der Waals surface area (Å²) in [7, 11) is 0. The minimum atomic E-state index is -0.290. The molecule has 0 amide bonds. The summed E-state index contributed by atoms with van der Waals surface area (Å²) < 4.78 is 0. The van der Waals surface area contributed by atoms with E-state index in [-0.39, 0.29) is 11.5 Å². The monoisotopic (exact) mass is 307 g/mol. The molecule has 1 heterocycles. The zero-order valence-electron chi connectivity index (χ0n) is 12.5. The lowest BCUT2D eigenvalue weighted by Gasteiger charge is -2.39. The zero-order valence-corrected chi connectivity index (χ0v) is 12.5. The Labute approximate surface area is 134 Å². The van der Waals surface area contributed by atoms with E-state index in [0.29, 0.717) is 11.6 Å². The van der Waals surface area contributed by atoms with Crippen molar-refractivity contribution in [3.05, 3.63) is 48.3 Å². The molecule has 4 N–H and O–H groups in total. The van der Waals surface area contributed by atoms with Crippen molar-refractivity contribution in [3.8, 4) is 6.19 Å². The lowest BCUT2D eigenvalue weighted by atomic mass is 9.72. The Bertz CT molecular complexity index is 727. The largest absolute Gasteiger partial charge is 0.368 e. The van der Waals surface area contributed by atoms with Crippen LogP contribution in [0.1, 0.15) is 24.8 Å². The molecule has 0 atom stereocenters. The molecule has 1 saturated carbocycles. The fraction of sp³-hybridized carbons (Fsp3) is 0.250. The van der Waals surface area contributed by atoms with Crippen LogP contribution in [0.25, 0.3) is 0 Å². The summed E-state index contributed by atoms with van der Waals surface area (Å²) in [4.78, 5) is 12.6. The van der Waals surface area contributed by atoms with Gasteiger partial charge in [-0.05, 0) is 24.8 Å². The average Bonchev–Trinajstić information content (AvgIpc) is 2.54. The predicted octanol–water partition coefficient (Wildman–Crippen LogP) is 1.98. The molecule has 0 aliphatic heterocycles. The Hall–Kier alpha value is -3.14. The highest BCUT2D eigenvalue weighted by Gasteiger charge is 2.38. The maximum atomic E-state index is 8.98. The number of nitrogens with zero attached hydrogens (tertiary/aromatic N) is 4. The van der Waals surface area contributed by atoms with E-state index in [0.717, 1.165) is 24.8 Å². The van der Waals surface area contributed by atoms with Gasteiger partial charge in [0.1, 0.15) is 0 Å². The molecule has 1 aromatic heterocycles. The zero-order chi connectivity index (χ0) is 16.1. The number of nitrogens with one attached hydrogen (secondary N) is 2. The van der Waals surface area contributed by atoms with Crippen LogP contribution in [0.3, 0.4) is 0 Å². The van der Waals surface area contributed by atoms with Crippen molar-refractivity contribution in [2.24, 2.45) is 4.99 Å². The summed E-state index contributed by atoms with van der Waals surface area (Å²) >= 11 is 0. The maximum Gasteiger partial charge on any atom is 0.220 e. The van der Waals surface area contributed by atoms with E-state index in [4.69, 9.17) is 16.0 Å². The third-order valence-electron chi connectivity index (χ3n) is 3.93. The standard InChI is InChI=1S/C16H17N7/c17-11-21-15(22-13-9-19-14(18)20-10-13)23-16(7-4-8-16)12-5-2-1-3-6-12/h1-3,5-6,9-10H,4,7-8H2,(H2,18,19,20)(H2,21,22,23). The summed E-state index contributed by atoms with van der Waals surface area (Å²) in [5, 5.41) is 14.6. The first-order valence-electron chi connectivity index (χ1n) is 7.37. The SMILES string of the molecule is N#CNC(=NC1(c2ccccc2)CCC1)Nc1cnc(N)nc1. The van der Waals surface area contributed by atoms with Gasteiger partial charge in [0.25, 0.3) is 0 Å². The molecule has 1 aliphatic rings. The molecule has 1 aromatic carbocycles. The van der Waals surface area contributed by atoms with Gasteiger partial charge in [0, 0.05) is 0 Å². The first-order chi connectivity index (χ1) is 11.2. The van der Waals surface area contributed by atoms with Gasteiger partial charge in [-0.1, -0.05) is 30.3 Å². The minimum absolute atomic E-state index is 0.196. The second-order valence-electron chi connectivity index (χ2n) is 5.40. The van der Waals surface area contributed by atoms with Gasteiger partial charge in [-0.2, -0.15) is 5.26 Å². The number of aromatic nitrogens is 2. The van der Waals surface area contributed by atoms with Crippen molar-refractivity contribution in [1.82, 2.24) is 15.3 Å². The number of benzene rings is 1. The second-order valence-corrected chi connectivity index (χ2v) is 5.40. The highest BCUT2D eigenvalue weighted by molar-refractivity contribution is 5.94. The number of guanidine groups is 1. The summed E-state index contributed by atoms with van der Waals surface area (Å²) in [6, 6.07) is 10.1. The summed E-state index contributed by atoms with van der Waals surface area (Å²) in [6.45, 7) is 0. The minimum Gasteiger partial charge on any atom is -0.368 e. The number of rotatable bonds is 3. The van der Waals surface area contributed by atoms with Crippen molar-refractivity contribution in [3.63, 3.8) is 0 Å². The molecule has 0 bridgehead atoms. The molecule has 0 radical (unpaired) electrons. The van der Waals surface area contributed by atoms with Crippen LogP contribution >= 0.6 is 0 Å². The van der Waals surface area contributed by atoms with E-state index in [2.05, 4.69) is 32.7 Å². The Kier molecular flexibility index (Phi) is 4.06. The van der Waals surface area contributed by atoms with Gasteiger partial charge in [-0.25, -0.2) is 15.0 Å². The van der Waals surface area contributed by atoms with Crippen LogP contribution in [-0.4, -0.2) is 15.9 Å². The van der Waals surface area contributed by atoms with Crippen molar-refractivity contribution < 1.29 is 0 Å². The number of aliphatic imine (C=N–C) groups is 1. The van der Waals surface area contributed by atoms with Crippen molar-refractivity contribution >= 4 is 17.6 Å². The molecule has 116 valence electrons. The van der Waals surface area contributed by atoms with Crippen LogP contribution in [0.2, 0.25) is 0 Å². The average molecular weight is 307 g/mol. The van der Waals surface area contributed by atoms with Crippen LogP contribution in [-0.2, 0) is 5.54 Å². The predicted molar refractivity (Wildman–Crippen MR) is 88.2 cm³/mol. The molecule has 0 unspecified atom stereocenters. The lowest BCUT2D eigenvalue weighted by molar-refractivity contribution is 0.256. The molecule has 1 fully saturated rings. The quantitative estimate of drug-likeness (QED) is 0.346. The lowest BCUT2D eigenvalue weighted by Crippen LogP contribution is -2.37. The van der Waals surface area contributed by atoms with E-state index in [1.807, 2.05) is 24.4 Å². The number of nitrogen functional groups attached to an aromatic ring is 1. The summed E-state index contributed by atoms with van der Waals surface area (Å²) in [6.07, 6.45) is 8.03. The van der Waals surface area contributed by atoms with Crippen molar-refractivity contribution in [1.29, 1.82) is 5.26 Å². The summed E-state index contributed by atoms with van der Waals surface area (Å²) in [5.74, 6) is 0.575. The normalized spacial score (nSPS) is 16.0. The van der Waals surface area contributed by atoms with E-state index in [9.17, 15) is 0 Å². The van der Waals surface area contributed by atoms with E-state index < -0.39 is 0 Å². The molecule has 3 rings (SSSR count). The molecule has 2 aromatic rings. The third kappa shape index (κ3) is 3.21. The third-order valence-corrected chi connectivity index (χ3v) is 3.93. The van der Waals surface area contributed by atoms with Crippen LogP contribution in [0.5, 0.6) is 0 Å². The topological polar surface area (TPSA) is 112 Å². The second kappa shape index (κ2) is 6.32. The van der Waals surface area contributed by atoms with Gasteiger partial charge in [-0.3, -0.25) is 5.32 Å². The van der Waals surface area contributed by atoms with Gasteiger partial charge in [0.15, 0.2) is 6.19 Å². The van der Waals surface area contributed by atoms with Gasteiger partial charge in [-0.15, -0.1) is 0 Å². The van der Waals surface area contributed by atoms with Gasteiger partial charge in [0.2, 0.25) is 11.9 Å². The fourth-order valence-corrected chi connectivity index (χ4v) is 2.62. The molecule has 0 saturated heterocycles. The Morgan fingerprint density at radius 2 is 1.91 bits per heavy atom. The van der Waals surface area contributed by atoms with Gasteiger partial charge >= 0.3 is 0 Å². The molecule has 0 spiro atoms. The molecular weight excluding hydrogens is 290 g/mol. The molecular formula is C16H17N7. The first-order valence-corrected chi connectivity index (χ1v) is 7.37. The smallest absolute Gasteiger partial charge is 0.220 e. The Morgan fingerprint density at radius 3 is 2.48 bits per heavy atom. The van der Waals surface area contributed by atoms with Crippen molar-refractivity contribution in [2.45, 2.75) is 24.8 Å². The maximum absolute atomic E-state index is 8.98. The van der Waals surface area contributed by atoms with Crippen molar-refractivity contribution in [2.75, 3.05) is 11.1 Å². The number of nitriles is 1. The number of hydrogen-bond acceptors (Lipinski definition) is 5. The highest BCUT2D eigenvalue weighted by atomic mass is 15.2.